The number of fused-ring (bicyclic) bond motifs is 2. The molecule has 4 aromatic rings. The molecule has 1 aromatic heterocycles. The number of ether oxygens (including phenoxy) is 3. The summed E-state index contributed by atoms with van der Waals surface area (Å²) in [6.45, 7) is 5.36. The highest BCUT2D eigenvalue weighted by atomic mass is 35.5. The fourth-order valence-corrected chi connectivity index (χ4v) is 6.01. The zero-order valence-electron chi connectivity index (χ0n) is 22.8. The van der Waals surface area contributed by atoms with Crippen LogP contribution in [0.15, 0.2) is 54.6 Å². The van der Waals surface area contributed by atoms with E-state index in [-0.39, 0.29) is 18.3 Å². The molecule has 2 atom stereocenters. The number of para-hydroxylation sites is 1. The van der Waals surface area contributed by atoms with Crippen molar-refractivity contribution in [3.63, 3.8) is 0 Å². The van der Waals surface area contributed by atoms with Gasteiger partial charge in [0, 0.05) is 43.4 Å². The van der Waals surface area contributed by atoms with Gasteiger partial charge in [-0.2, -0.15) is 0 Å². The van der Waals surface area contributed by atoms with Gasteiger partial charge in [-0.3, -0.25) is 4.90 Å². The number of hydrogen-bond donors (Lipinski definition) is 1. The largest absolute Gasteiger partial charge is 0.485 e. The third-order valence-electron chi connectivity index (χ3n) is 8.25. The predicted octanol–water partition coefficient (Wildman–Crippen LogP) is 5.15. The minimum Gasteiger partial charge on any atom is -0.485 e. The van der Waals surface area contributed by atoms with Crippen LogP contribution in [0, 0.1) is 5.82 Å². The van der Waals surface area contributed by atoms with Crippen LogP contribution >= 0.6 is 11.6 Å². The second-order valence-corrected chi connectivity index (χ2v) is 11.3. The molecular weight excluding hydrogens is 563 g/mol. The van der Waals surface area contributed by atoms with E-state index in [1.54, 1.807) is 30.3 Å². The van der Waals surface area contributed by atoms with E-state index in [2.05, 4.69) is 14.4 Å². The highest BCUT2D eigenvalue weighted by molar-refractivity contribution is 6.30. The molecule has 11 heteroatoms. The first-order valence-electron chi connectivity index (χ1n) is 14.1. The monoisotopic (exact) mass is 592 g/mol. The molecule has 0 unspecified atom stereocenters. The van der Waals surface area contributed by atoms with Gasteiger partial charge >= 0.3 is 5.97 Å². The van der Waals surface area contributed by atoms with Crippen molar-refractivity contribution in [2.45, 2.75) is 31.7 Å². The molecule has 7 rings (SSSR count). The maximum absolute atomic E-state index is 14.7. The molecule has 3 aliphatic rings. The smallest absolute Gasteiger partial charge is 0.335 e. The first-order valence-corrected chi connectivity index (χ1v) is 14.5. The number of aromatic nitrogens is 2. The van der Waals surface area contributed by atoms with Gasteiger partial charge in [-0.05, 0) is 48.9 Å². The molecule has 1 N–H and O–H groups in total. The first kappa shape index (κ1) is 27.0. The van der Waals surface area contributed by atoms with E-state index in [0.717, 1.165) is 61.8 Å². The van der Waals surface area contributed by atoms with Gasteiger partial charge in [-0.1, -0.05) is 23.7 Å². The minimum absolute atomic E-state index is 0.114. The van der Waals surface area contributed by atoms with Crippen molar-refractivity contribution in [3.8, 4) is 11.5 Å². The predicted molar refractivity (Wildman–Crippen MR) is 155 cm³/mol. The van der Waals surface area contributed by atoms with E-state index in [4.69, 9.17) is 30.8 Å². The fourth-order valence-electron chi connectivity index (χ4n) is 5.85. The summed E-state index contributed by atoms with van der Waals surface area (Å²) in [7, 11) is 0. The van der Waals surface area contributed by atoms with E-state index < -0.39 is 17.9 Å². The van der Waals surface area contributed by atoms with E-state index in [9.17, 15) is 14.3 Å². The van der Waals surface area contributed by atoms with Gasteiger partial charge < -0.3 is 28.8 Å². The molecular formula is C31H30ClFN4O5. The lowest BCUT2D eigenvalue weighted by atomic mass is 10.1. The number of piperazine rings is 1. The van der Waals surface area contributed by atoms with Gasteiger partial charge in [-0.15, -0.1) is 0 Å². The van der Waals surface area contributed by atoms with Crippen LogP contribution in [-0.2, 0) is 17.8 Å². The maximum Gasteiger partial charge on any atom is 0.335 e. The van der Waals surface area contributed by atoms with E-state index >= 15 is 0 Å². The van der Waals surface area contributed by atoms with Crippen molar-refractivity contribution in [2.75, 3.05) is 44.3 Å². The SMILES string of the molecule is O=C(O)c1ccc2nc(CN3CCN(c4cccc5c4O[C@@H](c4ccc(Cl)cc4F)CO5)CC3)n(C[C@@H]3CCO3)c2c1. The molecule has 0 radical (unpaired) electrons. The van der Waals surface area contributed by atoms with E-state index in [1.807, 2.05) is 18.2 Å². The second kappa shape index (κ2) is 11.1. The van der Waals surface area contributed by atoms with Crippen LogP contribution in [0.5, 0.6) is 11.5 Å². The normalized spacial score (nSPS) is 20.5. The van der Waals surface area contributed by atoms with Gasteiger partial charge in [0.15, 0.2) is 17.6 Å². The van der Waals surface area contributed by atoms with Gasteiger partial charge in [-0.25, -0.2) is 14.2 Å². The molecule has 42 heavy (non-hydrogen) atoms. The Morgan fingerprint density at radius 1 is 1.10 bits per heavy atom. The van der Waals surface area contributed by atoms with Crippen molar-refractivity contribution in [1.29, 1.82) is 0 Å². The zero-order valence-corrected chi connectivity index (χ0v) is 23.6. The number of carboxylic acid groups (broad SMARTS) is 1. The Morgan fingerprint density at radius 3 is 2.67 bits per heavy atom. The second-order valence-electron chi connectivity index (χ2n) is 10.9. The molecule has 0 bridgehead atoms. The first-order chi connectivity index (χ1) is 20.4. The highest BCUT2D eigenvalue weighted by Gasteiger charge is 2.30. The van der Waals surface area contributed by atoms with Crippen LogP contribution in [0.2, 0.25) is 5.02 Å². The lowest BCUT2D eigenvalue weighted by Crippen LogP contribution is -2.46. The van der Waals surface area contributed by atoms with Gasteiger partial charge in [0.25, 0.3) is 0 Å². The van der Waals surface area contributed by atoms with Crippen molar-refractivity contribution in [2.24, 2.45) is 0 Å². The lowest BCUT2D eigenvalue weighted by Gasteiger charge is -2.38. The summed E-state index contributed by atoms with van der Waals surface area (Å²) in [5.41, 5.74) is 3.18. The number of imidazole rings is 1. The average Bonchev–Trinajstić information content (AvgIpc) is 3.30. The summed E-state index contributed by atoms with van der Waals surface area (Å²) in [4.78, 5) is 21.1. The van der Waals surface area contributed by atoms with Crippen LogP contribution in [0.1, 0.15) is 34.3 Å². The number of carbonyl (C=O) groups is 1. The molecule has 3 aliphatic heterocycles. The summed E-state index contributed by atoms with van der Waals surface area (Å²) < 4.78 is 34.8. The van der Waals surface area contributed by atoms with Crippen molar-refractivity contribution >= 4 is 34.3 Å². The number of halogens is 2. The molecule has 218 valence electrons. The summed E-state index contributed by atoms with van der Waals surface area (Å²) in [6, 6.07) is 15.5. The number of nitrogens with zero attached hydrogens (tertiary/aromatic N) is 4. The molecule has 0 spiro atoms. The summed E-state index contributed by atoms with van der Waals surface area (Å²) >= 11 is 5.95. The lowest BCUT2D eigenvalue weighted by molar-refractivity contribution is -0.0592. The summed E-state index contributed by atoms with van der Waals surface area (Å²) in [5.74, 6) is 0.795. The van der Waals surface area contributed by atoms with Crippen LogP contribution in [-0.4, -0.2) is 71.0 Å². The molecule has 0 saturated carbocycles. The Kier molecular flexibility index (Phi) is 7.13. The molecule has 0 aliphatic carbocycles. The number of hydrogen-bond acceptors (Lipinski definition) is 7. The Bertz CT molecular complexity index is 1650. The van der Waals surface area contributed by atoms with Crippen LogP contribution in [0.3, 0.4) is 0 Å². The maximum atomic E-state index is 14.7. The number of benzene rings is 3. The summed E-state index contributed by atoms with van der Waals surface area (Å²) in [5, 5.41) is 9.86. The zero-order chi connectivity index (χ0) is 28.8. The number of aromatic carboxylic acids is 1. The Morgan fingerprint density at radius 2 is 1.93 bits per heavy atom. The van der Waals surface area contributed by atoms with E-state index in [1.165, 1.54) is 6.07 Å². The Labute approximate surface area is 247 Å². The Hall–Kier alpha value is -3.86. The topological polar surface area (TPSA) is 89.3 Å². The third-order valence-corrected chi connectivity index (χ3v) is 8.48. The van der Waals surface area contributed by atoms with Crippen molar-refractivity contribution in [3.05, 3.63) is 82.4 Å². The van der Waals surface area contributed by atoms with E-state index in [0.29, 0.717) is 35.2 Å². The minimum atomic E-state index is -0.954. The van der Waals surface area contributed by atoms with Crippen molar-refractivity contribution in [1.82, 2.24) is 14.5 Å². The quantitative estimate of drug-likeness (QED) is 0.315. The molecule has 3 aromatic carbocycles. The molecule has 0 amide bonds. The number of anilines is 1. The molecule has 2 saturated heterocycles. The van der Waals surface area contributed by atoms with Gasteiger partial charge in [0.2, 0.25) is 0 Å². The Balaban J connectivity index is 1.07. The van der Waals surface area contributed by atoms with Gasteiger partial charge in [0.1, 0.15) is 18.2 Å². The van der Waals surface area contributed by atoms with Crippen LogP contribution in [0.4, 0.5) is 10.1 Å². The third kappa shape index (κ3) is 5.14. The van der Waals surface area contributed by atoms with Crippen molar-refractivity contribution < 1.29 is 28.5 Å². The fraction of sp³-hybridized carbons (Fsp3) is 0.355. The average molecular weight is 593 g/mol. The molecule has 4 heterocycles. The van der Waals surface area contributed by atoms with Crippen LogP contribution in [0.25, 0.3) is 11.0 Å². The van der Waals surface area contributed by atoms with Crippen LogP contribution < -0.4 is 14.4 Å². The highest BCUT2D eigenvalue weighted by Crippen LogP contribution is 2.44. The van der Waals surface area contributed by atoms with Gasteiger partial charge in [0.05, 0.1) is 41.5 Å². The number of carboxylic acids is 1. The molecule has 2 fully saturated rings. The summed E-state index contributed by atoms with van der Waals surface area (Å²) in [6.07, 6.45) is 0.518. The number of rotatable bonds is 7. The molecule has 9 nitrogen and oxygen atoms in total. The standard InChI is InChI=1S/C31H30ClFN4O5/c32-20-5-6-22(23(33)15-20)28-18-41-27-3-1-2-25(30(27)42-28)36-11-9-35(10-12-36)17-29-34-24-7-4-19(31(38)39)14-26(24)37(29)16-21-8-13-40-21/h1-7,14-15,21,28H,8-13,16-18H2,(H,38,39)/t21-,28+/m0/s1.